The third-order valence-electron chi connectivity index (χ3n) is 2.82. The summed E-state index contributed by atoms with van der Waals surface area (Å²) in [7, 11) is 0. The van der Waals surface area contributed by atoms with Crippen LogP contribution in [0.2, 0.25) is 0 Å². The van der Waals surface area contributed by atoms with Gasteiger partial charge in [0.15, 0.2) is 0 Å². The lowest BCUT2D eigenvalue weighted by Crippen LogP contribution is -2.22. The molecule has 0 aromatic carbocycles. The predicted molar refractivity (Wildman–Crippen MR) is 58.0 cm³/mol. The lowest BCUT2D eigenvalue weighted by Gasteiger charge is -2.16. The fourth-order valence-electron chi connectivity index (χ4n) is 1.84. The van der Waals surface area contributed by atoms with Crippen molar-refractivity contribution in [2.45, 2.75) is 32.2 Å². The summed E-state index contributed by atoms with van der Waals surface area (Å²) in [5.74, 6) is 0.585. The number of halogens is 1. The standard InChI is InChI=1S/C12H17FN2/c1-2-14-12(7-9-3-4-9)11-6-5-10(13)8-15-11/h5-6,8-9,12,14H,2-4,7H2,1H3. The van der Waals surface area contributed by atoms with E-state index in [1.165, 1.54) is 25.1 Å². The Bertz CT molecular complexity index is 306. The molecule has 82 valence electrons. The topological polar surface area (TPSA) is 24.9 Å². The molecule has 0 spiro atoms. The average molecular weight is 208 g/mol. The third-order valence-corrected chi connectivity index (χ3v) is 2.82. The molecule has 1 aliphatic rings. The largest absolute Gasteiger partial charge is 0.309 e. The van der Waals surface area contributed by atoms with E-state index >= 15 is 0 Å². The molecule has 2 rings (SSSR count). The molecule has 1 atom stereocenters. The van der Waals surface area contributed by atoms with E-state index in [0.29, 0.717) is 6.04 Å². The normalized spacial score (nSPS) is 17.7. The van der Waals surface area contributed by atoms with Gasteiger partial charge < -0.3 is 5.32 Å². The van der Waals surface area contributed by atoms with Crippen molar-refractivity contribution < 1.29 is 4.39 Å². The van der Waals surface area contributed by atoms with Crippen LogP contribution in [0, 0.1) is 11.7 Å². The zero-order chi connectivity index (χ0) is 10.7. The first-order chi connectivity index (χ1) is 7.29. The molecule has 0 radical (unpaired) electrons. The van der Waals surface area contributed by atoms with Crippen molar-refractivity contribution in [3.63, 3.8) is 0 Å². The van der Waals surface area contributed by atoms with Gasteiger partial charge in [-0.05, 0) is 31.0 Å². The zero-order valence-electron chi connectivity index (χ0n) is 9.04. The first-order valence-electron chi connectivity index (χ1n) is 5.64. The van der Waals surface area contributed by atoms with Gasteiger partial charge in [0.1, 0.15) is 5.82 Å². The molecule has 1 unspecified atom stereocenters. The lowest BCUT2D eigenvalue weighted by molar-refractivity contribution is 0.474. The van der Waals surface area contributed by atoms with E-state index in [0.717, 1.165) is 24.6 Å². The van der Waals surface area contributed by atoms with Crippen molar-refractivity contribution in [3.8, 4) is 0 Å². The maximum atomic E-state index is 12.7. The van der Waals surface area contributed by atoms with Gasteiger partial charge in [-0.1, -0.05) is 19.8 Å². The van der Waals surface area contributed by atoms with E-state index in [1.54, 1.807) is 6.07 Å². The molecule has 1 fully saturated rings. The zero-order valence-corrected chi connectivity index (χ0v) is 9.04. The Morgan fingerprint density at radius 1 is 1.53 bits per heavy atom. The highest BCUT2D eigenvalue weighted by Gasteiger charge is 2.26. The molecule has 1 heterocycles. The quantitative estimate of drug-likeness (QED) is 0.804. The Balaban J connectivity index is 2.04. The number of aromatic nitrogens is 1. The average Bonchev–Trinajstić information content (AvgIpc) is 3.02. The van der Waals surface area contributed by atoms with Crippen LogP contribution in [0.1, 0.15) is 37.9 Å². The molecule has 0 saturated heterocycles. The second-order valence-electron chi connectivity index (χ2n) is 4.19. The van der Waals surface area contributed by atoms with Crippen molar-refractivity contribution in [3.05, 3.63) is 29.8 Å². The van der Waals surface area contributed by atoms with Crippen LogP contribution in [-0.2, 0) is 0 Å². The number of pyridine rings is 1. The molecule has 1 aromatic rings. The number of hydrogen-bond acceptors (Lipinski definition) is 2. The highest BCUT2D eigenvalue weighted by Crippen LogP contribution is 2.37. The van der Waals surface area contributed by atoms with Gasteiger partial charge in [-0.2, -0.15) is 0 Å². The predicted octanol–water partition coefficient (Wildman–Crippen LogP) is 2.67. The summed E-state index contributed by atoms with van der Waals surface area (Å²) in [5, 5.41) is 3.40. The second kappa shape index (κ2) is 4.71. The molecule has 0 amide bonds. The van der Waals surface area contributed by atoms with E-state index in [9.17, 15) is 4.39 Å². The first kappa shape index (κ1) is 10.6. The minimum absolute atomic E-state index is 0.263. The maximum Gasteiger partial charge on any atom is 0.141 e. The SMILES string of the molecule is CCNC(CC1CC1)c1ccc(F)cn1. The number of nitrogens with zero attached hydrogens (tertiary/aromatic N) is 1. The second-order valence-corrected chi connectivity index (χ2v) is 4.19. The van der Waals surface area contributed by atoms with Crippen LogP contribution in [0.15, 0.2) is 18.3 Å². The van der Waals surface area contributed by atoms with Gasteiger partial charge in [-0.25, -0.2) is 4.39 Å². The molecule has 2 nitrogen and oxygen atoms in total. The minimum atomic E-state index is -0.263. The highest BCUT2D eigenvalue weighted by molar-refractivity contribution is 5.10. The fraction of sp³-hybridized carbons (Fsp3) is 0.583. The lowest BCUT2D eigenvalue weighted by atomic mass is 10.1. The summed E-state index contributed by atoms with van der Waals surface area (Å²) >= 11 is 0. The van der Waals surface area contributed by atoms with Crippen LogP contribution < -0.4 is 5.32 Å². The van der Waals surface area contributed by atoms with Crippen LogP contribution in [0.25, 0.3) is 0 Å². The summed E-state index contributed by atoms with van der Waals surface area (Å²) < 4.78 is 12.7. The summed E-state index contributed by atoms with van der Waals surface area (Å²) in [6.07, 6.45) is 5.10. The summed E-state index contributed by atoms with van der Waals surface area (Å²) in [6.45, 7) is 3.01. The first-order valence-corrected chi connectivity index (χ1v) is 5.64. The van der Waals surface area contributed by atoms with Gasteiger partial charge in [0.2, 0.25) is 0 Å². The molecule has 1 N–H and O–H groups in total. The van der Waals surface area contributed by atoms with Gasteiger partial charge in [0.25, 0.3) is 0 Å². The molecule has 1 saturated carbocycles. The van der Waals surface area contributed by atoms with E-state index in [-0.39, 0.29) is 5.82 Å². The van der Waals surface area contributed by atoms with Crippen LogP contribution in [0.4, 0.5) is 4.39 Å². The van der Waals surface area contributed by atoms with Crippen LogP contribution in [-0.4, -0.2) is 11.5 Å². The van der Waals surface area contributed by atoms with Crippen molar-refractivity contribution in [2.75, 3.05) is 6.54 Å². The number of nitrogens with one attached hydrogen (secondary N) is 1. The van der Waals surface area contributed by atoms with E-state index < -0.39 is 0 Å². The van der Waals surface area contributed by atoms with Crippen molar-refractivity contribution in [1.82, 2.24) is 10.3 Å². The number of hydrogen-bond donors (Lipinski definition) is 1. The monoisotopic (exact) mass is 208 g/mol. The number of rotatable bonds is 5. The van der Waals surface area contributed by atoms with Crippen molar-refractivity contribution in [1.29, 1.82) is 0 Å². The Kier molecular flexibility index (Phi) is 3.31. The maximum absolute atomic E-state index is 12.7. The van der Waals surface area contributed by atoms with Crippen LogP contribution in [0.3, 0.4) is 0 Å². The van der Waals surface area contributed by atoms with Crippen molar-refractivity contribution >= 4 is 0 Å². The Morgan fingerprint density at radius 3 is 2.87 bits per heavy atom. The van der Waals surface area contributed by atoms with Gasteiger partial charge in [0.05, 0.1) is 11.9 Å². The van der Waals surface area contributed by atoms with Crippen LogP contribution in [0.5, 0.6) is 0 Å². The molecule has 0 bridgehead atoms. The van der Waals surface area contributed by atoms with Gasteiger partial charge >= 0.3 is 0 Å². The molecular formula is C12H17FN2. The van der Waals surface area contributed by atoms with Gasteiger partial charge in [-0.3, -0.25) is 4.98 Å². The molecule has 3 heteroatoms. The highest BCUT2D eigenvalue weighted by atomic mass is 19.1. The molecule has 0 aliphatic heterocycles. The third kappa shape index (κ3) is 2.99. The molecule has 1 aliphatic carbocycles. The minimum Gasteiger partial charge on any atom is -0.309 e. The Hall–Kier alpha value is -0.960. The van der Waals surface area contributed by atoms with E-state index in [4.69, 9.17) is 0 Å². The molecule has 15 heavy (non-hydrogen) atoms. The van der Waals surface area contributed by atoms with E-state index in [2.05, 4.69) is 17.2 Å². The summed E-state index contributed by atoms with van der Waals surface area (Å²) in [4.78, 5) is 4.14. The Labute approximate surface area is 89.9 Å². The fourth-order valence-corrected chi connectivity index (χ4v) is 1.84. The van der Waals surface area contributed by atoms with Crippen LogP contribution >= 0.6 is 0 Å². The molecule has 1 aromatic heterocycles. The van der Waals surface area contributed by atoms with E-state index in [1.807, 2.05) is 0 Å². The Morgan fingerprint density at radius 2 is 2.33 bits per heavy atom. The van der Waals surface area contributed by atoms with Gasteiger partial charge in [0, 0.05) is 6.04 Å². The molecular weight excluding hydrogens is 191 g/mol. The smallest absolute Gasteiger partial charge is 0.141 e. The summed E-state index contributed by atoms with van der Waals surface area (Å²) in [5.41, 5.74) is 0.963. The summed E-state index contributed by atoms with van der Waals surface area (Å²) in [6, 6.07) is 3.56. The van der Waals surface area contributed by atoms with Gasteiger partial charge in [-0.15, -0.1) is 0 Å². The van der Waals surface area contributed by atoms with Crippen molar-refractivity contribution in [2.24, 2.45) is 5.92 Å².